The van der Waals surface area contributed by atoms with E-state index >= 15 is 0 Å². The maximum atomic E-state index is 13.6. The van der Waals surface area contributed by atoms with Crippen LogP contribution in [0.1, 0.15) is 29.3 Å². The Morgan fingerprint density at radius 1 is 1.47 bits per heavy atom. The molecule has 0 fully saturated rings. The molecule has 0 heterocycles. The minimum Gasteiger partial charge on any atom is -0.478 e. The Hall–Kier alpha value is -1.88. The van der Waals surface area contributed by atoms with E-state index in [9.17, 15) is 14.0 Å². The van der Waals surface area contributed by atoms with Crippen LogP contribution >= 0.6 is 11.6 Å². The van der Waals surface area contributed by atoms with Crippen molar-refractivity contribution < 1.29 is 23.8 Å². The quantitative estimate of drug-likeness (QED) is 0.845. The smallest absolute Gasteiger partial charge is 0.337 e. The van der Waals surface area contributed by atoms with Crippen LogP contribution in [0.4, 0.5) is 4.39 Å². The number of carboxylic acids is 1. The van der Waals surface area contributed by atoms with Crippen LogP contribution in [0.5, 0.6) is 0 Å². The van der Waals surface area contributed by atoms with Gasteiger partial charge in [-0.3, -0.25) is 4.79 Å². The lowest BCUT2D eigenvalue weighted by Crippen LogP contribution is -2.01. The number of carbonyl (C=O) groups is 2. The molecule has 0 aromatic heterocycles. The average molecular weight is 287 g/mol. The van der Waals surface area contributed by atoms with Crippen LogP contribution in [-0.4, -0.2) is 23.7 Å². The molecule has 0 spiro atoms. The monoisotopic (exact) mass is 286 g/mol. The number of esters is 1. The molecular formula is C13H12ClFO4. The van der Waals surface area contributed by atoms with E-state index in [1.54, 1.807) is 6.92 Å². The first-order valence-electron chi connectivity index (χ1n) is 5.50. The van der Waals surface area contributed by atoms with Crippen LogP contribution in [0.15, 0.2) is 18.2 Å². The molecule has 0 bridgehead atoms. The molecule has 0 radical (unpaired) electrons. The van der Waals surface area contributed by atoms with Crippen LogP contribution in [-0.2, 0) is 9.53 Å². The zero-order valence-electron chi connectivity index (χ0n) is 10.2. The van der Waals surface area contributed by atoms with E-state index in [1.165, 1.54) is 18.2 Å². The normalized spacial score (nSPS) is 10.7. The third kappa shape index (κ3) is 4.37. The number of hydrogen-bond donors (Lipinski definition) is 1. The third-order valence-electron chi connectivity index (χ3n) is 2.20. The fraction of sp³-hybridized carbons (Fsp3) is 0.231. The van der Waals surface area contributed by atoms with Crippen LogP contribution in [0.2, 0.25) is 5.02 Å². The molecule has 6 heteroatoms. The SMILES string of the molecule is CCOC(=O)CC=Cc1cc(Cl)c(C(=O)O)cc1F. The molecule has 4 nitrogen and oxygen atoms in total. The highest BCUT2D eigenvalue weighted by atomic mass is 35.5. The standard InChI is InChI=1S/C13H12ClFO4/c1-2-19-12(16)5-3-4-8-6-10(14)9(13(17)18)7-11(8)15/h3-4,6-7H,2,5H2,1H3,(H,17,18). The van der Waals surface area contributed by atoms with E-state index in [0.717, 1.165) is 6.07 Å². The summed E-state index contributed by atoms with van der Waals surface area (Å²) in [6, 6.07) is 2.04. The lowest BCUT2D eigenvalue weighted by atomic mass is 10.1. The van der Waals surface area contributed by atoms with Crippen LogP contribution in [0.3, 0.4) is 0 Å². The summed E-state index contributed by atoms with van der Waals surface area (Å²) in [5.74, 6) is -2.44. The van der Waals surface area contributed by atoms with Crippen molar-refractivity contribution in [1.29, 1.82) is 0 Å². The van der Waals surface area contributed by atoms with Gasteiger partial charge in [-0.05, 0) is 19.1 Å². The number of halogens is 2. The van der Waals surface area contributed by atoms with E-state index in [4.69, 9.17) is 21.4 Å². The summed E-state index contributed by atoms with van der Waals surface area (Å²) < 4.78 is 18.3. The summed E-state index contributed by atoms with van der Waals surface area (Å²) in [7, 11) is 0. The third-order valence-corrected chi connectivity index (χ3v) is 2.52. The molecule has 1 aromatic rings. The van der Waals surface area contributed by atoms with Crippen molar-refractivity contribution in [3.63, 3.8) is 0 Å². The van der Waals surface area contributed by atoms with Crippen molar-refractivity contribution in [2.24, 2.45) is 0 Å². The summed E-state index contributed by atoms with van der Waals surface area (Å²) in [5.41, 5.74) is -0.194. The molecule has 0 saturated carbocycles. The van der Waals surface area contributed by atoms with Gasteiger partial charge in [0.2, 0.25) is 0 Å². The topological polar surface area (TPSA) is 63.6 Å². The zero-order valence-corrected chi connectivity index (χ0v) is 10.9. The molecule has 0 saturated heterocycles. The number of carbonyl (C=O) groups excluding carboxylic acids is 1. The van der Waals surface area contributed by atoms with E-state index in [1.807, 2.05) is 0 Å². The van der Waals surface area contributed by atoms with Crippen molar-refractivity contribution >= 4 is 29.6 Å². The Morgan fingerprint density at radius 2 is 2.16 bits per heavy atom. The number of hydrogen-bond acceptors (Lipinski definition) is 3. The van der Waals surface area contributed by atoms with Gasteiger partial charge in [-0.25, -0.2) is 9.18 Å². The van der Waals surface area contributed by atoms with Gasteiger partial charge >= 0.3 is 11.9 Å². The van der Waals surface area contributed by atoms with Crippen LogP contribution in [0.25, 0.3) is 6.08 Å². The Kier molecular flexibility index (Phi) is 5.51. The lowest BCUT2D eigenvalue weighted by Gasteiger charge is -2.02. The molecule has 0 aliphatic heterocycles. The fourth-order valence-electron chi connectivity index (χ4n) is 1.36. The molecule has 1 aromatic carbocycles. The molecule has 0 amide bonds. The average Bonchev–Trinajstić information content (AvgIpc) is 2.33. The number of carboxylic acid groups (broad SMARTS) is 1. The summed E-state index contributed by atoms with van der Waals surface area (Å²) in [6.07, 6.45) is 2.78. The van der Waals surface area contributed by atoms with Crippen molar-refractivity contribution in [2.45, 2.75) is 13.3 Å². The van der Waals surface area contributed by atoms with Gasteiger partial charge in [0, 0.05) is 5.56 Å². The molecular weight excluding hydrogens is 275 g/mol. The van der Waals surface area contributed by atoms with Crippen molar-refractivity contribution in [3.05, 3.63) is 40.2 Å². The summed E-state index contributed by atoms with van der Waals surface area (Å²) >= 11 is 5.71. The number of rotatable bonds is 5. The van der Waals surface area contributed by atoms with Gasteiger partial charge in [-0.2, -0.15) is 0 Å². The molecule has 0 aliphatic rings. The van der Waals surface area contributed by atoms with Gasteiger partial charge in [-0.15, -0.1) is 0 Å². The summed E-state index contributed by atoms with van der Waals surface area (Å²) in [6.45, 7) is 1.96. The van der Waals surface area contributed by atoms with Crippen molar-refractivity contribution in [3.8, 4) is 0 Å². The molecule has 0 unspecified atom stereocenters. The number of ether oxygens (including phenoxy) is 1. The van der Waals surface area contributed by atoms with E-state index < -0.39 is 17.8 Å². The molecule has 0 atom stereocenters. The second kappa shape index (κ2) is 6.89. The highest BCUT2D eigenvalue weighted by Gasteiger charge is 2.12. The van der Waals surface area contributed by atoms with Gasteiger partial charge in [0.15, 0.2) is 0 Å². The van der Waals surface area contributed by atoms with Crippen molar-refractivity contribution in [2.75, 3.05) is 6.61 Å². The minimum atomic E-state index is -1.30. The zero-order chi connectivity index (χ0) is 14.4. The first-order valence-corrected chi connectivity index (χ1v) is 5.88. The number of aromatic carboxylic acids is 1. The van der Waals surface area contributed by atoms with Gasteiger partial charge in [0.25, 0.3) is 0 Å². The highest BCUT2D eigenvalue weighted by Crippen LogP contribution is 2.22. The summed E-state index contributed by atoms with van der Waals surface area (Å²) in [5, 5.41) is 8.69. The van der Waals surface area contributed by atoms with Crippen LogP contribution in [0, 0.1) is 5.82 Å². The maximum Gasteiger partial charge on any atom is 0.337 e. The van der Waals surface area contributed by atoms with E-state index in [0.29, 0.717) is 0 Å². The Balaban J connectivity index is 2.85. The summed E-state index contributed by atoms with van der Waals surface area (Å²) in [4.78, 5) is 21.8. The molecule has 19 heavy (non-hydrogen) atoms. The number of benzene rings is 1. The predicted octanol–water partition coefficient (Wildman–Crippen LogP) is 3.14. The van der Waals surface area contributed by atoms with Crippen molar-refractivity contribution in [1.82, 2.24) is 0 Å². The Bertz CT molecular complexity index is 526. The molecule has 0 aliphatic carbocycles. The van der Waals surface area contributed by atoms with Gasteiger partial charge in [0.1, 0.15) is 5.82 Å². The fourth-order valence-corrected chi connectivity index (χ4v) is 1.61. The second-order valence-electron chi connectivity index (χ2n) is 3.57. The first kappa shape index (κ1) is 15.2. The predicted molar refractivity (Wildman–Crippen MR) is 68.7 cm³/mol. The van der Waals surface area contributed by atoms with Gasteiger partial charge in [-0.1, -0.05) is 23.8 Å². The molecule has 1 N–H and O–H groups in total. The Labute approximate surface area is 114 Å². The van der Waals surface area contributed by atoms with Gasteiger partial charge < -0.3 is 9.84 Å². The largest absolute Gasteiger partial charge is 0.478 e. The minimum absolute atomic E-state index is 0.00554. The molecule has 102 valence electrons. The molecule has 1 rings (SSSR count). The lowest BCUT2D eigenvalue weighted by molar-refractivity contribution is -0.142. The van der Waals surface area contributed by atoms with Gasteiger partial charge in [0.05, 0.1) is 23.6 Å². The van der Waals surface area contributed by atoms with E-state index in [2.05, 4.69) is 0 Å². The van der Waals surface area contributed by atoms with Crippen LogP contribution < -0.4 is 0 Å². The highest BCUT2D eigenvalue weighted by molar-refractivity contribution is 6.33. The Morgan fingerprint density at radius 3 is 2.74 bits per heavy atom. The van der Waals surface area contributed by atoms with E-state index in [-0.39, 0.29) is 29.2 Å². The first-order chi connectivity index (χ1) is 8.95. The second-order valence-corrected chi connectivity index (χ2v) is 3.98. The maximum absolute atomic E-state index is 13.6.